The number of nitrogens with zero attached hydrogens (tertiary/aromatic N) is 8. The monoisotopic (exact) mass is 1050 g/mol. The quantitative estimate of drug-likeness (QED) is 0.0699. The molecule has 19 nitrogen and oxygen atoms in total. The average Bonchev–Trinajstić information content (AvgIpc) is 4.26. The van der Waals surface area contributed by atoms with Gasteiger partial charge in [0.25, 0.3) is 11.5 Å². The number of aromatic amines is 1. The molecule has 3 amide bonds. The van der Waals surface area contributed by atoms with E-state index in [1.54, 1.807) is 28.0 Å². The summed E-state index contributed by atoms with van der Waals surface area (Å²) in [4.78, 5) is 64.0. The Bertz CT molecular complexity index is 2850. The molecule has 3 N–H and O–H groups in total. The van der Waals surface area contributed by atoms with E-state index >= 15 is 0 Å². The third kappa shape index (κ3) is 12.0. The molecule has 1 atom stereocenters. The van der Waals surface area contributed by atoms with Crippen LogP contribution in [0.1, 0.15) is 106 Å². The normalized spacial score (nSPS) is 21.4. The Labute approximate surface area is 440 Å². The average molecular weight is 1050 g/mol. The maximum Gasteiger partial charge on any atom is 0.272 e. The molecule has 2 aromatic carbocycles. The van der Waals surface area contributed by atoms with Gasteiger partial charge in [0.05, 0.1) is 99.7 Å². The van der Waals surface area contributed by atoms with Gasteiger partial charge in [-0.05, 0) is 82.2 Å². The van der Waals surface area contributed by atoms with Crippen LogP contribution >= 0.6 is 11.3 Å². The minimum Gasteiger partial charge on any atom is -0.378 e. The highest BCUT2D eigenvalue weighted by atomic mass is 32.1. The molecule has 6 aliphatic rings. The summed E-state index contributed by atoms with van der Waals surface area (Å²) in [7, 11) is 0. The zero-order chi connectivity index (χ0) is 51.8. The number of carbonyl (C=O) groups excluding carboxylic acids is 3. The van der Waals surface area contributed by atoms with E-state index in [0.717, 1.165) is 63.4 Å². The van der Waals surface area contributed by atoms with Crippen LogP contribution in [0, 0.1) is 18.2 Å². The van der Waals surface area contributed by atoms with Crippen molar-refractivity contribution in [3.8, 4) is 0 Å². The smallest absolute Gasteiger partial charge is 0.272 e. The van der Waals surface area contributed by atoms with Gasteiger partial charge in [-0.3, -0.25) is 24.1 Å². The van der Waals surface area contributed by atoms with Gasteiger partial charge in [-0.1, -0.05) is 30.7 Å². The molecule has 402 valence electrons. The summed E-state index contributed by atoms with van der Waals surface area (Å²) in [5.74, 6) is 1.29. The number of thiazole rings is 1. The molecule has 1 unspecified atom stereocenters. The number of aryl methyl sites for hydroxylation is 2. The molecule has 75 heavy (non-hydrogen) atoms. The highest BCUT2D eigenvalue weighted by molar-refractivity contribution is 7.11. The summed E-state index contributed by atoms with van der Waals surface area (Å²) in [6, 6.07) is 11.9. The summed E-state index contributed by atoms with van der Waals surface area (Å²) in [5, 5.41) is 24.6. The maximum atomic E-state index is 14.9. The lowest BCUT2D eigenvalue weighted by molar-refractivity contribution is -0.177. The minimum absolute atomic E-state index is 0.0385. The predicted octanol–water partition coefficient (Wildman–Crippen LogP) is 4.25. The fraction of sp³-hybridized carbons (Fsp3) is 0.593. The highest BCUT2D eigenvalue weighted by Crippen LogP contribution is 2.74. The SMILES string of the molecule is Cc1sc(CN2CCCC2c2nnc3n2CCCCC3)nc1C12CC(C(=O)NCCOCCOCCOCCOCCNCC(=O)N3CCN(C(=O)c4cc(Cc5n[nH]c(=O)c6ccccc56)ccc4F)CC3)(C1)C2. The molecule has 5 fully saturated rings. The van der Waals surface area contributed by atoms with Crippen molar-refractivity contribution in [1.82, 2.24) is 55.3 Å². The van der Waals surface area contributed by atoms with E-state index < -0.39 is 11.7 Å². The molecule has 2 saturated heterocycles. The maximum absolute atomic E-state index is 14.9. The van der Waals surface area contributed by atoms with Gasteiger partial charge < -0.3 is 43.9 Å². The van der Waals surface area contributed by atoms with Gasteiger partial charge in [-0.25, -0.2) is 14.5 Å². The number of piperazine rings is 1. The Balaban J connectivity index is 0.519. The topological polar surface area (TPSA) is 211 Å². The van der Waals surface area contributed by atoms with Crippen LogP contribution in [-0.4, -0.2) is 168 Å². The molecule has 2 bridgehead atoms. The van der Waals surface area contributed by atoms with Crippen molar-refractivity contribution in [2.24, 2.45) is 5.41 Å². The van der Waals surface area contributed by atoms with Crippen molar-refractivity contribution in [1.29, 1.82) is 0 Å². The molecule has 11 rings (SSSR count). The van der Waals surface area contributed by atoms with Crippen molar-refractivity contribution < 1.29 is 37.7 Å². The van der Waals surface area contributed by atoms with E-state index in [1.165, 1.54) is 53.4 Å². The van der Waals surface area contributed by atoms with Crippen LogP contribution in [0.2, 0.25) is 0 Å². The summed E-state index contributed by atoms with van der Waals surface area (Å²) in [5.41, 5.74) is 1.95. The van der Waals surface area contributed by atoms with Crippen LogP contribution in [0.25, 0.3) is 10.8 Å². The fourth-order valence-electron chi connectivity index (χ4n) is 11.8. The second-order valence-electron chi connectivity index (χ2n) is 20.8. The second-order valence-corrected chi connectivity index (χ2v) is 22.0. The lowest BCUT2D eigenvalue weighted by Crippen LogP contribution is -2.70. The lowest BCUT2D eigenvalue weighted by Gasteiger charge is -2.68. The first kappa shape index (κ1) is 52.9. The summed E-state index contributed by atoms with van der Waals surface area (Å²) >= 11 is 1.82. The van der Waals surface area contributed by atoms with E-state index in [4.69, 9.17) is 29.0 Å². The number of aromatic nitrogens is 6. The lowest BCUT2D eigenvalue weighted by atomic mass is 9.34. The second kappa shape index (κ2) is 24.2. The summed E-state index contributed by atoms with van der Waals surface area (Å²) in [6.07, 6.45) is 9.88. The number of benzene rings is 2. The van der Waals surface area contributed by atoms with Crippen LogP contribution in [-0.2, 0) is 59.9 Å². The summed E-state index contributed by atoms with van der Waals surface area (Å²) < 4.78 is 39.9. The molecular formula is C54H70FN11O8S. The third-order valence-corrected chi connectivity index (χ3v) is 16.6. The number of hydrogen-bond acceptors (Lipinski definition) is 15. The van der Waals surface area contributed by atoms with Crippen LogP contribution in [0.5, 0.6) is 0 Å². The molecule has 3 saturated carbocycles. The van der Waals surface area contributed by atoms with Gasteiger partial charge in [0.2, 0.25) is 11.8 Å². The van der Waals surface area contributed by atoms with E-state index in [1.807, 2.05) is 23.5 Å². The van der Waals surface area contributed by atoms with Crippen molar-refractivity contribution in [2.45, 2.75) is 95.7 Å². The number of nitrogens with one attached hydrogen (secondary N) is 3. The first-order valence-electron chi connectivity index (χ1n) is 26.8. The van der Waals surface area contributed by atoms with Gasteiger partial charge >= 0.3 is 0 Å². The third-order valence-electron chi connectivity index (χ3n) is 15.7. The van der Waals surface area contributed by atoms with E-state index in [0.29, 0.717) is 114 Å². The number of rotatable bonds is 25. The number of amides is 3. The zero-order valence-corrected chi connectivity index (χ0v) is 43.9. The highest BCUT2D eigenvalue weighted by Gasteiger charge is 2.73. The van der Waals surface area contributed by atoms with Crippen LogP contribution in [0.15, 0.2) is 47.3 Å². The van der Waals surface area contributed by atoms with E-state index in [2.05, 4.69) is 42.3 Å². The van der Waals surface area contributed by atoms with Crippen LogP contribution in [0.3, 0.4) is 0 Å². The Morgan fingerprint density at radius 2 is 1.52 bits per heavy atom. The Hall–Kier alpha value is -5.55. The minimum atomic E-state index is -0.618. The number of carbonyl (C=O) groups is 3. The molecule has 21 heteroatoms. The number of ether oxygens (including phenoxy) is 4. The van der Waals surface area contributed by atoms with Crippen molar-refractivity contribution in [3.63, 3.8) is 0 Å². The molecule has 5 aromatic rings. The summed E-state index contributed by atoms with van der Waals surface area (Å²) in [6.45, 7) is 10.9. The Morgan fingerprint density at radius 1 is 0.813 bits per heavy atom. The largest absolute Gasteiger partial charge is 0.378 e. The number of halogens is 1. The van der Waals surface area contributed by atoms with Crippen LogP contribution < -0.4 is 16.2 Å². The molecular weight excluding hydrogens is 982 g/mol. The molecule has 3 aliphatic carbocycles. The fourth-order valence-corrected chi connectivity index (χ4v) is 12.9. The first-order chi connectivity index (χ1) is 36.6. The molecule has 3 aliphatic heterocycles. The van der Waals surface area contributed by atoms with Gasteiger partial charge in [0, 0.05) is 74.3 Å². The standard InChI is InChI=1S/C54H70FN11O8S/c1-37-48(58-46(75-37)33-65-16-7-10-44(65)49-61-60-45-11-3-2-6-17-66(45)49)53-34-54(35-53,36-53)52(70)57-15-23-72-25-27-74-29-28-73-26-24-71-22-14-56-32-47(67)63-18-20-64(21-19-63)51(69)41-30-38(12-13-42(41)55)31-43-39-8-4-5-9-40(39)50(68)62-59-43/h4-5,8-9,12-13,30,44,56H,2-3,6-7,10-11,14-29,31-36H2,1H3,(H,57,70)(H,62,68). The van der Waals surface area contributed by atoms with Gasteiger partial charge in [0.15, 0.2) is 0 Å². The van der Waals surface area contributed by atoms with Gasteiger partial charge in [-0.15, -0.1) is 21.5 Å². The predicted molar refractivity (Wildman–Crippen MR) is 278 cm³/mol. The number of H-pyrrole nitrogens is 1. The van der Waals surface area contributed by atoms with E-state index in [9.17, 15) is 23.6 Å². The first-order valence-corrected chi connectivity index (χ1v) is 27.7. The molecule has 0 radical (unpaired) electrons. The van der Waals surface area contributed by atoms with Gasteiger partial charge in [-0.2, -0.15) is 5.10 Å². The van der Waals surface area contributed by atoms with Crippen molar-refractivity contribution in [3.05, 3.63) is 103 Å². The Kier molecular flexibility index (Phi) is 17.1. The molecule has 6 heterocycles. The number of likely N-dealkylation sites (tertiary alicyclic amines) is 1. The number of fused-ring (bicyclic) bond motifs is 2. The van der Waals surface area contributed by atoms with Gasteiger partial charge in [0.1, 0.15) is 22.5 Å². The van der Waals surface area contributed by atoms with Crippen molar-refractivity contribution >= 4 is 39.8 Å². The number of hydrogen-bond donors (Lipinski definition) is 3. The van der Waals surface area contributed by atoms with E-state index in [-0.39, 0.29) is 53.4 Å². The molecule has 3 aromatic heterocycles. The van der Waals surface area contributed by atoms with Crippen molar-refractivity contribution in [2.75, 3.05) is 105 Å². The Morgan fingerprint density at radius 3 is 2.28 bits per heavy atom. The van der Waals surface area contributed by atoms with Crippen LogP contribution in [0.4, 0.5) is 4.39 Å². The molecule has 0 spiro atoms. The zero-order valence-electron chi connectivity index (χ0n) is 43.0.